The number of rotatable bonds is 3. The predicted octanol–water partition coefficient (Wildman–Crippen LogP) is 2.59. The first kappa shape index (κ1) is 11.5. The molecule has 0 bridgehead atoms. The number of carbonyl (C=O) groups is 1. The molecule has 17 heavy (non-hydrogen) atoms. The molecule has 3 heteroatoms. The van der Waals surface area contributed by atoms with E-state index >= 15 is 0 Å². The third-order valence-corrected chi connectivity index (χ3v) is 5.03. The van der Waals surface area contributed by atoms with Crippen LogP contribution in [0.15, 0.2) is 0 Å². The first-order valence-corrected chi connectivity index (χ1v) is 6.32. The second kappa shape index (κ2) is 4.97. The van der Waals surface area contributed by atoms with Gasteiger partial charge in [0.1, 0.15) is 0 Å². The van der Waals surface area contributed by atoms with Gasteiger partial charge in [0.25, 0.3) is 0 Å². The summed E-state index contributed by atoms with van der Waals surface area (Å²) < 4.78 is 21.6. The molecule has 0 heterocycles. The van der Waals surface area contributed by atoms with Crippen LogP contribution in [0.1, 0.15) is 49.7 Å². The van der Waals surface area contributed by atoms with Crippen molar-refractivity contribution in [3.8, 4) is 0 Å². The molecule has 3 unspecified atom stereocenters. The fourth-order valence-corrected chi connectivity index (χ4v) is 2.78. The Morgan fingerprint density at radius 1 is 1.53 bits per heavy atom. The van der Waals surface area contributed by atoms with Gasteiger partial charge in [-0.15, -0.1) is 0 Å². The summed E-state index contributed by atoms with van der Waals surface area (Å²) in [5, 5.41) is 0. The average molecular weight is 243 g/mol. The van der Waals surface area contributed by atoms with Gasteiger partial charge in [0, 0.05) is 2.74 Å². The zero-order valence-electron chi connectivity index (χ0n) is 13.7. The summed E-state index contributed by atoms with van der Waals surface area (Å²) in [5.41, 5.74) is 5.02. The van der Waals surface area contributed by atoms with Crippen molar-refractivity contribution in [2.45, 2.75) is 46.9 Å². The van der Waals surface area contributed by atoms with Crippen molar-refractivity contribution < 1.29 is 12.3 Å². The molecule has 0 radical (unpaired) electrons. The summed E-state index contributed by atoms with van der Waals surface area (Å²) in [7, 11) is 1.34. The van der Waals surface area contributed by atoms with E-state index in [1.165, 1.54) is 7.11 Å². The smallest absolute Gasteiger partial charge is 0.306 e. The quantitative estimate of drug-likeness (QED) is 0.775. The van der Waals surface area contributed by atoms with E-state index in [-0.39, 0.29) is 36.2 Å². The van der Waals surface area contributed by atoms with Gasteiger partial charge in [-0.05, 0) is 42.0 Å². The molecular weight excluding hydrogens is 214 g/mol. The number of hydrogen-bond donors (Lipinski definition) is 1. The Kier molecular flexibility index (Phi) is 3.37. The lowest BCUT2D eigenvalue weighted by Crippen LogP contribution is -2.51. The number of nitrogens with two attached hydrogens (primary N) is 1. The van der Waals surface area contributed by atoms with Gasteiger partial charge in [-0.1, -0.05) is 27.7 Å². The molecule has 3 nitrogen and oxygen atoms in total. The largest absolute Gasteiger partial charge is 0.469 e. The van der Waals surface area contributed by atoms with Crippen molar-refractivity contribution in [3.05, 3.63) is 0 Å². The second-order valence-corrected chi connectivity index (χ2v) is 5.94. The molecule has 0 saturated heterocycles. The SMILES string of the molecule is [2H]C1([2H])CC(C)C(C)(C)C(C)C1(CN)CC(=O)OC. The number of hydrogen-bond acceptors (Lipinski definition) is 3. The van der Waals surface area contributed by atoms with Crippen molar-refractivity contribution in [2.24, 2.45) is 28.4 Å². The van der Waals surface area contributed by atoms with Crippen LogP contribution < -0.4 is 5.73 Å². The van der Waals surface area contributed by atoms with Crippen LogP contribution in [0.5, 0.6) is 0 Å². The molecule has 2 N–H and O–H groups in total. The van der Waals surface area contributed by atoms with Crippen molar-refractivity contribution in [2.75, 3.05) is 13.7 Å². The lowest BCUT2D eigenvalue weighted by Gasteiger charge is -2.53. The predicted molar refractivity (Wildman–Crippen MR) is 69.5 cm³/mol. The van der Waals surface area contributed by atoms with Gasteiger partial charge in [-0.3, -0.25) is 4.79 Å². The van der Waals surface area contributed by atoms with E-state index in [1.807, 2.05) is 6.92 Å². The number of methoxy groups -OCH3 is 1. The molecule has 3 atom stereocenters. The highest BCUT2D eigenvalue weighted by Crippen LogP contribution is 2.54. The average Bonchev–Trinajstić information content (AvgIpc) is 2.32. The van der Waals surface area contributed by atoms with E-state index in [4.69, 9.17) is 13.2 Å². The number of ether oxygens (including phenoxy) is 1. The van der Waals surface area contributed by atoms with Crippen LogP contribution in [-0.4, -0.2) is 19.6 Å². The van der Waals surface area contributed by atoms with Crippen LogP contribution in [0.4, 0.5) is 0 Å². The van der Waals surface area contributed by atoms with Gasteiger partial charge in [-0.25, -0.2) is 0 Å². The summed E-state index contributed by atoms with van der Waals surface area (Å²) >= 11 is 0. The maximum Gasteiger partial charge on any atom is 0.306 e. The molecule has 0 aromatic carbocycles. The monoisotopic (exact) mass is 243 g/mol. The Morgan fingerprint density at radius 2 is 2.12 bits per heavy atom. The zero-order chi connectivity index (χ0) is 15.1. The molecular formula is C14H27NO2. The molecule has 0 amide bonds. The molecule has 1 fully saturated rings. The molecule has 1 aliphatic rings. The van der Waals surface area contributed by atoms with Crippen LogP contribution in [-0.2, 0) is 9.53 Å². The standard InChI is InChI=1S/C14H27NO2/c1-10-6-7-14(9-15,8-12(16)17-5)11(2)13(10,3)4/h10-11H,6-9,15H2,1-5H3/i7D2. The third kappa shape index (κ3) is 2.49. The summed E-state index contributed by atoms with van der Waals surface area (Å²) in [6.07, 6.45) is -0.979. The highest BCUT2D eigenvalue weighted by atomic mass is 16.5. The van der Waals surface area contributed by atoms with Crippen LogP contribution in [0.3, 0.4) is 0 Å². The molecule has 0 spiro atoms. The third-order valence-electron chi connectivity index (χ3n) is 5.03. The van der Waals surface area contributed by atoms with E-state index in [9.17, 15) is 4.79 Å². The normalized spacial score (nSPS) is 41.3. The first-order chi connectivity index (χ1) is 8.55. The number of esters is 1. The minimum atomic E-state index is -1.45. The molecule has 0 aliphatic heterocycles. The van der Waals surface area contributed by atoms with Crippen LogP contribution in [0.2, 0.25) is 0 Å². The molecule has 1 aliphatic carbocycles. The lowest BCUT2D eigenvalue weighted by atomic mass is 9.52. The van der Waals surface area contributed by atoms with E-state index in [0.29, 0.717) is 6.42 Å². The van der Waals surface area contributed by atoms with Gasteiger partial charge >= 0.3 is 5.97 Å². The highest BCUT2D eigenvalue weighted by Gasteiger charge is 2.50. The van der Waals surface area contributed by atoms with Crippen molar-refractivity contribution in [1.29, 1.82) is 0 Å². The fourth-order valence-electron chi connectivity index (χ4n) is 2.78. The second-order valence-electron chi connectivity index (χ2n) is 5.94. The molecule has 1 saturated carbocycles. The Balaban J connectivity index is 3.27. The minimum Gasteiger partial charge on any atom is -0.469 e. The van der Waals surface area contributed by atoms with Gasteiger partial charge < -0.3 is 10.5 Å². The van der Waals surface area contributed by atoms with Crippen LogP contribution >= 0.6 is 0 Å². The van der Waals surface area contributed by atoms with Crippen molar-refractivity contribution in [3.63, 3.8) is 0 Å². The molecule has 1 rings (SSSR count). The maximum absolute atomic E-state index is 11.7. The van der Waals surface area contributed by atoms with Crippen LogP contribution in [0, 0.1) is 22.7 Å². The van der Waals surface area contributed by atoms with Crippen molar-refractivity contribution in [1.82, 2.24) is 0 Å². The Morgan fingerprint density at radius 3 is 2.59 bits per heavy atom. The summed E-state index contributed by atoms with van der Waals surface area (Å²) in [6.45, 7) is 8.53. The fraction of sp³-hybridized carbons (Fsp3) is 0.929. The summed E-state index contributed by atoms with van der Waals surface area (Å²) in [4.78, 5) is 11.7. The first-order valence-electron chi connectivity index (χ1n) is 7.32. The Labute approximate surface area is 108 Å². The topological polar surface area (TPSA) is 52.3 Å². The van der Waals surface area contributed by atoms with Crippen molar-refractivity contribution >= 4 is 5.97 Å². The molecule has 100 valence electrons. The van der Waals surface area contributed by atoms with Gasteiger partial charge in [0.2, 0.25) is 0 Å². The van der Waals surface area contributed by atoms with E-state index in [2.05, 4.69) is 20.8 Å². The van der Waals surface area contributed by atoms with Gasteiger partial charge in [-0.2, -0.15) is 0 Å². The van der Waals surface area contributed by atoms with Gasteiger partial charge in [0.15, 0.2) is 0 Å². The summed E-state index contributed by atoms with van der Waals surface area (Å²) in [6, 6.07) is 0. The summed E-state index contributed by atoms with van der Waals surface area (Å²) in [5.74, 6) is -0.135. The maximum atomic E-state index is 11.7. The van der Waals surface area contributed by atoms with Crippen LogP contribution in [0.25, 0.3) is 0 Å². The minimum absolute atomic E-state index is 0.00264. The molecule has 0 aromatic heterocycles. The Hall–Kier alpha value is -0.570. The number of carbonyl (C=O) groups excluding carboxylic acids is 1. The van der Waals surface area contributed by atoms with E-state index < -0.39 is 11.8 Å². The Bertz CT molecular complexity index is 357. The zero-order valence-corrected chi connectivity index (χ0v) is 11.7. The van der Waals surface area contributed by atoms with E-state index in [0.717, 1.165) is 0 Å². The lowest BCUT2D eigenvalue weighted by molar-refractivity contribution is -0.147. The highest BCUT2D eigenvalue weighted by molar-refractivity contribution is 5.70. The molecule has 0 aromatic rings. The van der Waals surface area contributed by atoms with Gasteiger partial charge in [0.05, 0.1) is 13.5 Å². The van der Waals surface area contributed by atoms with E-state index in [1.54, 1.807) is 0 Å².